The fourth-order valence-corrected chi connectivity index (χ4v) is 8.53. The van der Waals surface area contributed by atoms with Crippen LogP contribution in [0.15, 0.2) is 237 Å². The Bertz CT molecular complexity index is 3310. The van der Waals surface area contributed by atoms with Gasteiger partial charge in [-0.15, -0.1) is 0 Å². The minimum absolute atomic E-state index is 0.671. The maximum Gasteiger partial charge on any atom is 0.160 e. The predicted octanol–water partition coefficient (Wildman–Crippen LogP) is 15.5. The Morgan fingerprint density at radius 3 is 1.27 bits per heavy atom. The van der Waals surface area contributed by atoms with Crippen molar-refractivity contribution in [2.24, 2.45) is 0 Å². The molecule has 0 spiro atoms. The summed E-state index contributed by atoms with van der Waals surface area (Å²) in [6.45, 7) is 0. The molecule has 2 aromatic heterocycles. The van der Waals surface area contributed by atoms with Crippen molar-refractivity contribution in [2.75, 3.05) is 0 Å². The smallest absolute Gasteiger partial charge is 0.160 e. The second-order valence-electron chi connectivity index (χ2n) is 15.6. The molecule has 9 aromatic carbocycles. The predicted molar refractivity (Wildman–Crippen MR) is 258 cm³/mol. The third-order valence-corrected chi connectivity index (χ3v) is 11.6. The van der Waals surface area contributed by atoms with Crippen LogP contribution in [0.2, 0.25) is 0 Å². The van der Waals surface area contributed by atoms with Crippen LogP contribution in [-0.4, -0.2) is 15.0 Å². The summed E-state index contributed by atoms with van der Waals surface area (Å²) in [6.07, 6.45) is 0. The molecule has 0 saturated heterocycles. The molecule has 0 radical (unpaired) electrons. The Morgan fingerprint density at radius 2 is 0.677 bits per heavy atom. The monoisotopic (exact) mass is 789 g/mol. The van der Waals surface area contributed by atoms with Crippen LogP contribution in [0.3, 0.4) is 0 Å². The van der Waals surface area contributed by atoms with Crippen molar-refractivity contribution in [3.63, 3.8) is 0 Å². The second-order valence-corrected chi connectivity index (χ2v) is 15.6. The fraction of sp³-hybridized carbons (Fsp3) is 0. The molecular formula is C59H39N3. The van der Waals surface area contributed by atoms with E-state index in [4.69, 9.17) is 15.0 Å². The molecule has 0 aliphatic rings. The molecule has 290 valence electrons. The number of fused-ring (bicyclic) bond motifs is 3. The van der Waals surface area contributed by atoms with Gasteiger partial charge in [-0.05, 0) is 104 Å². The van der Waals surface area contributed by atoms with Gasteiger partial charge in [-0.3, -0.25) is 0 Å². The highest BCUT2D eigenvalue weighted by Crippen LogP contribution is 2.39. The standard InChI is InChI=1S/C59H39N3/c1-6-17-40(18-7-1)49-34-50(41-19-8-2-9-20-41)36-51(35-49)57-39-56(45-25-14-5-15-26-45)61-59(62-57)48-28-16-27-46(33-48)47-30-29-43-31-32-54-58(52(43)37-47)53(42-21-10-3-11-22-42)38-55(60-54)44-23-12-4-13-24-44/h1-39H. The molecule has 3 heteroatoms. The lowest BCUT2D eigenvalue weighted by Gasteiger charge is -2.15. The van der Waals surface area contributed by atoms with Gasteiger partial charge < -0.3 is 0 Å². The first kappa shape index (κ1) is 36.8. The number of aromatic nitrogens is 3. The summed E-state index contributed by atoms with van der Waals surface area (Å²) in [5.74, 6) is 0.671. The van der Waals surface area contributed by atoms with Crippen LogP contribution in [-0.2, 0) is 0 Å². The Kier molecular flexibility index (Phi) is 9.53. The lowest BCUT2D eigenvalue weighted by Crippen LogP contribution is -1.97. The Morgan fingerprint density at radius 1 is 0.242 bits per heavy atom. The number of nitrogens with zero attached hydrogens (tertiary/aromatic N) is 3. The third-order valence-electron chi connectivity index (χ3n) is 11.6. The van der Waals surface area contributed by atoms with Gasteiger partial charge in [-0.1, -0.05) is 188 Å². The summed E-state index contributed by atoms with van der Waals surface area (Å²) in [5.41, 5.74) is 16.9. The van der Waals surface area contributed by atoms with Gasteiger partial charge in [0.15, 0.2) is 5.82 Å². The van der Waals surface area contributed by atoms with Crippen molar-refractivity contribution in [1.82, 2.24) is 15.0 Å². The maximum atomic E-state index is 5.35. The van der Waals surface area contributed by atoms with E-state index in [-0.39, 0.29) is 0 Å². The molecule has 62 heavy (non-hydrogen) atoms. The number of hydrogen-bond donors (Lipinski definition) is 0. The van der Waals surface area contributed by atoms with Crippen molar-refractivity contribution < 1.29 is 0 Å². The number of rotatable bonds is 8. The molecule has 0 N–H and O–H groups in total. The van der Waals surface area contributed by atoms with Crippen LogP contribution in [0.1, 0.15) is 0 Å². The zero-order valence-electron chi connectivity index (χ0n) is 33.9. The van der Waals surface area contributed by atoms with E-state index in [1.807, 2.05) is 12.1 Å². The number of benzene rings is 9. The highest BCUT2D eigenvalue weighted by atomic mass is 14.9. The van der Waals surface area contributed by atoms with Crippen LogP contribution >= 0.6 is 0 Å². The maximum absolute atomic E-state index is 5.35. The van der Waals surface area contributed by atoms with Gasteiger partial charge in [-0.25, -0.2) is 15.0 Å². The Hall–Kier alpha value is -8.27. The SMILES string of the molecule is c1ccc(-c2cc(-c3ccccc3)cc(-c3cc(-c4ccccc4)nc(-c4cccc(-c5ccc6ccc7nc(-c8ccccc8)cc(-c8ccccc8)c7c6c5)c4)n3)c2)cc1. The topological polar surface area (TPSA) is 38.7 Å². The first-order valence-corrected chi connectivity index (χ1v) is 21.0. The van der Waals surface area contributed by atoms with Gasteiger partial charge in [0.2, 0.25) is 0 Å². The second kappa shape index (κ2) is 16.1. The van der Waals surface area contributed by atoms with E-state index in [1.54, 1.807) is 0 Å². The lowest BCUT2D eigenvalue weighted by molar-refractivity contribution is 1.18. The number of pyridine rings is 1. The lowest BCUT2D eigenvalue weighted by atomic mass is 9.92. The summed E-state index contributed by atoms with van der Waals surface area (Å²) < 4.78 is 0. The van der Waals surface area contributed by atoms with Gasteiger partial charge in [0.25, 0.3) is 0 Å². The minimum Gasteiger partial charge on any atom is -0.248 e. The highest BCUT2D eigenvalue weighted by Gasteiger charge is 2.16. The van der Waals surface area contributed by atoms with Gasteiger partial charge in [0.05, 0.1) is 22.6 Å². The van der Waals surface area contributed by atoms with Crippen LogP contribution in [0.4, 0.5) is 0 Å². The highest BCUT2D eigenvalue weighted by molar-refractivity contribution is 6.14. The fourth-order valence-electron chi connectivity index (χ4n) is 8.53. The van der Waals surface area contributed by atoms with Crippen molar-refractivity contribution in [3.8, 4) is 89.7 Å². The van der Waals surface area contributed by atoms with E-state index in [1.165, 1.54) is 5.39 Å². The van der Waals surface area contributed by atoms with Gasteiger partial charge in [0, 0.05) is 27.6 Å². The summed E-state index contributed by atoms with van der Waals surface area (Å²) in [7, 11) is 0. The van der Waals surface area contributed by atoms with E-state index >= 15 is 0 Å². The minimum atomic E-state index is 0.671. The Balaban J connectivity index is 1.06. The average Bonchev–Trinajstić information content (AvgIpc) is 3.37. The van der Waals surface area contributed by atoms with Crippen LogP contribution in [0, 0.1) is 0 Å². The van der Waals surface area contributed by atoms with Crippen LogP contribution in [0.25, 0.3) is 111 Å². The molecular weight excluding hydrogens is 751 g/mol. The van der Waals surface area contributed by atoms with Gasteiger partial charge in [-0.2, -0.15) is 0 Å². The average molecular weight is 790 g/mol. The van der Waals surface area contributed by atoms with Gasteiger partial charge in [0.1, 0.15) is 0 Å². The van der Waals surface area contributed by atoms with E-state index in [0.717, 1.165) is 100 Å². The summed E-state index contributed by atoms with van der Waals surface area (Å²) in [4.78, 5) is 15.8. The van der Waals surface area contributed by atoms with E-state index in [0.29, 0.717) is 5.82 Å². The molecule has 11 aromatic rings. The van der Waals surface area contributed by atoms with Gasteiger partial charge >= 0.3 is 0 Å². The molecule has 0 aliphatic carbocycles. The van der Waals surface area contributed by atoms with Crippen molar-refractivity contribution in [3.05, 3.63) is 237 Å². The van der Waals surface area contributed by atoms with Crippen molar-refractivity contribution in [1.29, 1.82) is 0 Å². The van der Waals surface area contributed by atoms with Crippen LogP contribution < -0.4 is 0 Å². The molecule has 0 unspecified atom stereocenters. The molecule has 3 nitrogen and oxygen atoms in total. The van der Waals surface area contributed by atoms with E-state index in [2.05, 4.69) is 224 Å². The summed E-state index contributed by atoms with van der Waals surface area (Å²) >= 11 is 0. The summed E-state index contributed by atoms with van der Waals surface area (Å²) in [5, 5.41) is 3.47. The van der Waals surface area contributed by atoms with Crippen molar-refractivity contribution >= 4 is 21.7 Å². The number of hydrogen-bond acceptors (Lipinski definition) is 3. The molecule has 0 bridgehead atoms. The van der Waals surface area contributed by atoms with E-state index < -0.39 is 0 Å². The quantitative estimate of drug-likeness (QED) is 0.144. The molecule has 0 saturated carbocycles. The van der Waals surface area contributed by atoms with E-state index in [9.17, 15) is 0 Å². The zero-order valence-corrected chi connectivity index (χ0v) is 33.9. The molecule has 0 aliphatic heterocycles. The third kappa shape index (κ3) is 7.23. The van der Waals surface area contributed by atoms with Crippen LogP contribution in [0.5, 0.6) is 0 Å². The first-order valence-electron chi connectivity index (χ1n) is 21.0. The largest absolute Gasteiger partial charge is 0.248 e. The Labute approximate surface area is 361 Å². The summed E-state index contributed by atoms with van der Waals surface area (Å²) in [6, 6.07) is 83.5. The first-order chi connectivity index (χ1) is 30.7. The molecule has 11 rings (SSSR count). The molecule has 0 fully saturated rings. The molecule has 2 heterocycles. The molecule has 0 amide bonds. The van der Waals surface area contributed by atoms with Crippen molar-refractivity contribution in [2.45, 2.75) is 0 Å². The molecule has 0 atom stereocenters. The zero-order chi connectivity index (χ0) is 41.2. The normalized spacial score (nSPS) is 11.2.